The number of aliphatic carboxylic acids is 1. The smallest absolute Gasteiger partial charge is 0.303 e. The molecular formula is C17H21NO4. The van der Waals surface area contributed by atoms with E-state index < -0.39 is 5.97 Å². The second-order valence-electron chi connectivity index (χ2n) is 4.94. The van der Waals surface area contributed by atoms with E-state index in [1.807, 2.05) is 36.4 Å². The van der Waals surface area contributed by atoms with Crippen LogP contribution in [0.15, 0.2) is 36.4 Å². The van der Waals surface area contributed by atoms with Crippen LogP contribution in [0.25, 0.3) is 10.8 Å². The molecule has 0 fully saturated rings. The van der Waals surface area contributed by atoms with Crippen LogP contribution in [-0.4, -0.2) is 30.8 Å². The van der Waals surface area contributed by atoms with E-state index in [0.717, 1.165) is 28.7 Å². The summed E-state index contributed by atoms with van der Waals surface area (Å²) in [7, 11) is 0. The van der Waals surface area contributed by atoms with Crippen molar-refractivity contribution < 1.29 is 19.4 Å². The molecule has 2 aromatic rings. The standard InChI is InChI=1S/C17H21NO4/c18-10-4-12-22-16-8-2-5-13-14(16)6-1-7-15(13)21-11-3-9-17(19)20/h1-2,5-8H,3-4,9-12,18H2,(H,19,20). The lowest BCUT2D eigenvalue weighted by Gasteiger charge is -2.12. The van der Waals surface area contributed by atoms with Gasteiger partial charge in [0.25, 0.3) is 0 Å². The van der Waals surface area contributed by atoms with E-state index in [1.165, 1.54) is 0 Å². The monoisotopic (exact) mass is 303 g/mol. The van der Waals surface area contributed by atoms with E-state index in [-0.39, 0.29) is 6.42 Å². The average molecular weight is 303 g/mol. The molecule has 0 spiro atoms. The first kappa shape index (κ1) is 16.1. The molecule has 0 heterocycles. The fourth-order valence-corrected chi connectivity index (χ4v) is 2.18. The highest BCUT2D eigenvalue weighted by molar-refractivity contribution is 5.93. The molecule has 0 aromatic heterocycles. The molecule has 0 radical (unpaired) electrons. The van der Waals surface area contributed by atoms with E-state index in [0.29, 0.717) is 26.2 Å². The summed E-state index contributed by atoms with van der Waals surface area (Å²) >= 11 is 0. The van der Waals surface area contributed by atoms with Crippen LogP contribution in [-0.2, 0) is 4.79 Å². The van der Waals surface area contributed by atoms with Gasteiger partial charge in [-0.1, -0.05) is 24.3 Å². The predicted molar refractivity (Wildman–Crippen MR) is 85.5 cm³/mol. The Morgan fingerprint density at radius 1 is 0.955 bits per heavy atom. The first-order valence-electron chi connectivity index (χ1n) is 7.41. The zero-order chi connectivity index (χ0) is 15.8. The number of benzene rings is 2. The molecule has 0 unspecified atom stereocenters. The van der Waals surface area contributed by atoms with Crippen LogP contribution in [0, 0.1) is 0 Å². The van der Waals surface area contributed by atoms with Crippen molar-refractivity contribution in [3.63, 3.8) is 0 Å². The molecule has 0 aliphatic carbocycles. The molecule has 0 aliphatic heterocycles. The van der Waals surface area contributed by atoms with Gasteiger partial charge < -0.3 is 20.3 Å². The molecule has 2 rings (SSSR count). The minimum Gasteiger partial charge on any atom is -0.493 e. The normalized spacial score (nSPS) is 10.6. The molecule has 0 aliphatic rings. The van der Waals surface area contributed by atoms with Gasteiger partial charge in [0.15, 0.2) is 0 Å². The van der Waals surface area contributed by atoms with Crippen LogP contribution in [0.1, 0.15) is 19.3 Å². The van der Waals surface area contributed by atoms with E-state index >= 15 is 0 Å². The third kappa shape index (κ3) is 4.36. The SMILES string of the molecule is NCCCOc1cccc2c(OCCCC(=O)O)cccc12. The molecule has 5 nitrogen and oxygen atoms in total. The third-order valence-electron chi connectivity index (χ3n) is 3.24. The lowest BCUT2D eigenvalue weighted by molar-refractivity contribution is -0.137. The fraction of sp³-hybridized carbons (Fsp3) is 0.353. The Bertz CT molecular complexity index is 627. The van der Waals surface area contributed by atoms with Crippen LogP contribution in [0.4, 0.5) is 0 Å². The number of carbonyl (C=O) groups is 1. The molecule has 0 atom stereocenters. The van der Waals surface area contributed by atoms with Gasteiger partial charge in [-0.15, -0.1) is 0 Å². The summed E-state index contributed by atoms with van der Waals surface area (Å²) < 4.78 is 11.5. The summed E-state index contributed by atoms with van der Waals surface area (Å²) in [6.45, 7) is 1.56. The van der Waals surface area contributed by atoms with Crippen LogP contribution in [0.3, 0.4) is 0 Å². The number of fused-ring (bicyclic) bond motifs is 1. The number of carboxylic acid groups (broad SMARTS) is 1. The maximum absolute atomic E-state index is 10.5. The summed E-state index contributed by atoms with van der Waals surface area (Å²) in [5.41, 5.74) is 5.48. The number of nitrogens with two attached hydrogens (primary N) is 1. The van der Waals surface area contributed by atoms with Crippen molar-refractivity contribution in [3.8, 4) is 11.5 Å². The molecule has 2 aromatic carbocycles. The van der Waals surface area contributed by atoms with E-state index in [2.05, 4.69) is 0 Å². The quantitative estimate of drug-likeness (QED) is 0.696. The van der Waals surface area contributed by atoms with Gasteiger partial charge in [-0.05, 0) is 31.5 Å². The highest BCUT2D eigenvalue weighted by Crippen LogP contribution is 2.32. The predicted octanol–water partition coefficient (Wildman–Crippen LogP) is 2.81. The summed E-state index contributed by atoms with van der Waals surface area (Å²) in [6, 6.07) is 11.6. The second kappa shape index (κ2) is 8.24. The molecule has 0 saturated heterocycles. The van der Waals surface area contributed by atoms with Crippen molar-refractivity contribution in [2.75, 3.05) is 19.8 Å². The van der Waals surface area contributed by atoms with Crippen LogP contribution in [0.2, 0.25) is 0 Å². The minimum atomic E-state index is -0.808. The number of hydrogen-bond donors (Lipinski definition) is 2. The largest absolute Gasteiger partial charge is 0.493 e. The minimum absolute atomic E-state index is 0.109. The Kier molecular flexibility index (Phi) is 6.03. The summed E-state index contributed by atoms with van der Waals surface area (Å²) in [6.07, 6.45) is 1.40. The first-order valence-corrected chi connectivity index (χ1v) is 7.41. The Balaban J connectivity index is 2.11. The second-order valence-corrected chi connectivity index (χ2v) is 4.94. The van der Waals surface area contributed by atoms with Gasteiger partial charge >= 0.3 is 5.97 Å². The third-order valence-corrected chi connectivity index (χ3v) is 3.24. The highest BCUT2D eigenvalue weighted by atomic mass is 16.5. The Labute approximate surface area is 129 Å². The molecule has 118 valence electrons. The lowest BCUT2D eigenvalue weighted by atomic mass is 10.1. The van der Waals surface area contributed by atoms with Gasteiger partial charge in [-0.25, -0.2) is 0 Å². The number of ether oxygens (including phenoxy) is 2. The molecule has 5 heteroatoms. The molecule has 0 amide bonds. The Hall–Kier alpha value is -2.27. The Morgan fingerprint density at radius 2 is 1.50 bits per heavy atom. The van der Waals surface area contributed by atoms with Gasteiger partial charge in [-0.3, -0.25) is 4.79 Å². The molecule has 3 N–H and O–H groups in total. The zero-order valence-electron chi connectivity index (χ0n) is 12.5. The van der Waals surface area contributed by atoms with Crippen molar-refractivity contribution in [1.82, 2.24) is 0 Å². The topological polar surface area (TPSA) is 81.8 Å². The van der Waals surface area contributed by atoms with Crippen molar-refractivity contribution in [2.24, 2.45) is 5.73 Å². The lowest BCUT2D eigenvalue weighted by Crippen LogP contribution is -2.06. The van der Waals surface area contributed by atoms with Gasteiger partial charge in [0, 0.05) is 17.2 Å². The maximum atomic E-state index is 10.5. The van der Waals surface area contributed by atoms with Crippen molar-refractivity contribution in [2.45, 2.75) is 19.3 Å². The molecule has 22 heavy (non-hydrogen) atoms. The van der Waals surface area contributed by atoms with Crippen LogP contribution >= 0.6 is 0 Å². The van der Waals surface area contributed by atoms with E-state index in [1.54, 1.807) is 0 Å². The number of rotatable bonds is 9. The van der Waals surface area contributed by atoms with Crippen molar-refractivity contribution in [3.05, 3.63) is 36.4 Å². The fourth-order valence-electron chi connectivity index (χ4n) is 2.18. The maximum Gasteiger partial charge on any atom is 0.303 e. The number of carboxylic acids is 1. The van der Waals surface area contributed by atoms with Crippen molar-refractivity contribution in [1.29, 1.82) is 0 Å². The Morgan fingerprint density at radius 3 is 2.00 bits per heavy atom. The molecular weight excluding hydrogens is 282 g/mol. The van der Waals surface area contributed by atoms with Crippen LogP contribution < -0.4 is 15.2 Å². The average Bonchev–Trinajstić information content (AvgIpc) is 2.52. The highest BCUT2D eigenvalue weighted by Gasteiger charge is 2.07. The molecule has 0 bridgehead atoms. The summed E-state index contributed by atoms with van der Waals surface area (Å²) in [5.74, 6) is 0.742. The first-order chi connectivity index (χ1) is 10.7. The van der Waals surface area contributed by atoms with Gasteiger partial charge in [0.1, 0.15) is 11.5 Å². The summed E-state index contributed by atoms with van der Waals surface area (Å²) in [4.78, 5) is 10.5. The van der Waals surface area contributed by atoms with Gasteiger partial charge in [-0.2, -0.15) is 0 Å². The molecule has 0 saturated carbocycles. The zero-order valence-corrected chi connectivity index (χ0v) is 12.5. The van der Waals surface area contributed by atoms with E-state index in [9.17, 15) is 4.79 Å². The van der Waals surface area contributed by atoms with Gasteiger partial charge in [0.2, 0.25) is 0 Å². The van der Waals surface area contributed by atoms with Crippen LogP contribution in [0.5, 0.6) is 11.5 Å². The number of hydrogen-bond acceptors (Lipinski definition) is 4. The van der Waals surface area contributed by atoms with E-state index in [4.69, 9.17) is 20.3 Å². The summed E-state index contributed by atoms with van der Waals surface area (Å²) in [5, 5.41) is 10.6. The van der Waals surface area contributed by atoms with Crippen molar-refractivity contribution >= 4 is 16.7 Å². The van der Waals surface area contributed by atoms with Gasteiger partial charge in [0.05, 0.1) is 13.2 Å².